The normalized spacial score (nSPS) is 21.5. The molecule has 1 saturated heterocycles. The number of hydrogen-bond acceptors (Lipinski definition) is 4. The monoisotopic (exact) mass is 263 g/mol. The van der Waals surface area contributed by atoms with E-state index in [-0.39, 0.29) is 24.5 Å². The average molecular weight is 263 g/mol. The number of sulfonamides is 1. The molecule has 1 aliphatic rings. The standard InChI is InChI=1S/C10H21N3O3S/c1-8(2)12-9-4-6-13(10(9)14)7-5-11-17(3,15)16/h8-9,11-12H,4-7H2,1-3H3. The molecule has 1 unspecified atom stereocenters. The SMILES string of the molecule is CC(C)NC1CCN(CCNS(C)(=O)=O)C1=O. The zero-order valence-corrected chi connectivity index (χ0v) is 11.4. The van der Waals surface area contributed by atoms with Crippen LogP contribution in [-0.2, 0) is 14.8 Å². The van der Waals surface area contributed by atoms with Crippen LogP contribution in [0.1, 0.15) is 20.3 Å². The molecule has 1 amide bonds. The molecule has 0 bridgehead atoms. The first-order valence-corrected chi connectivity index (χ1v) is 7.68. The van der Waals surface area contributed by atoms with Crippen LogP contribution in [-0.4, -0.2) is 57.2 Å². The molecule has 0 saturated carbocycles. The predicted octanol–water partition coefficient (Wildman–Crippen LogP) is -0.865. The fraction of sp³-hybridized carbons (Fsp3) is 0.900. The average Bonchev–Trinajstić information content (AvgIpc) is 2.47. The third-order valence-electron chi connectivity index (χ3n) is 2.58. The van der Waals surface area contributed by atoms with Gasteiger partial charge in [0, 0.05) is 25.7 Å². The minimum Gasteiger partial charge on any atom is -0.340 e. The minimum absolute atomic E-state index is 0.0639. The number of likely N-dealkylation sites (tertiary alicyclic amines) is 1. The van der Waals surface area contributed by atoms with Gasteiger partial charge >= 0.3 is 0 Å². The highest BCUT2D eigenvalue weighted by atomic mass is 32.2. The Hall–Kier alpha value is -0.660. The summed E-state index contributed by atoms with van der Waals surface area (Å²) in [4.78, 5) is 13.6. The van der Waals surface area contributed by atoms with Gasteiger partial charge in [0.15, 0.2) is 0 Å². The maximum absolute atomic E-state index is 11.9. The lowest BCUT2D eigenvalue weighted by Crippen LogP contribution is -2.43. The number of rotatable bonds is 6. The van der Waals surface area contributed by atoms with E-state index in [0.717, 1.165) is 12.7 Å². The van der Waals surface area contributed by atoms with E-state index >= 15 is 0 Å². The Kier molecular flexibility index (Phi) is 4.91. The number of carbonyl (C=O) groups excluding carboxylic acids is 1. The molecule has 2 N–H and O–H groups in total. The van der Waals surface area contributed by atoms with Crippen molar-refractivity contribution in [2.24, 2.45) is 0 Å². The number of carbonyl (C=O) groups is 1. The third-order valence-corrected chi connectivity index (χ3v) is 3.31. The lowest BCUT2D eigenvalue weighted by atomic mass is 10.2. The van der Waals surface area contributed by atoms with Crippen molar-refractivity contribution in [1.82, 2.24) is 14.9 Å². The summed E-state index contributed by atoms with van der Waals surface area (Å²) in [5.74, 6) is 0.0639. The zero-order valence-electron chi connectivity index (χ0n) is 10.6. The van der Waals surface area contributed by atoms with E-state index < -0.39 is 10.0 Å². The minimum atomic E-state index is -3.17. The maximum Gasteiger partial charge on any atom is 0.239 e. The maximum atomic E-state index is 11.9. The first-order chi connectivity index (χ1) is 7.79. The van der Waals surface area contributed by atoms with Gasteiger partial charge in [-0.25, -0.2) is 13.1 Å². The second kappa shape index (κ2) is 5.79. The van der Waals surface area contributed by atoms with Crippen molar-refractivity contribution in [2.45, 2.75) is 32.4 Å². The van der Waals surface area contributed by atoms with Crippen molar-refractivity contribution >= 4 is 15.9 Å². The second-order valence-corrected chi connectivity index (χ2v) is 6.49. The molecule has 1 atom stereocenters. The van der Waals surface area contributed by atoms with Crippen LogP contribution in [0.5, 0.6) is 0 Å². The number of nitrogens with zero attached hydrogens (tertiary/aromatic N) is 1. The van der Waals surface area contributed by atoms with Crippen LogP contribution in [0.2, 0.25) is 0 Å². The first kappa shape index (κ1) is 14.4. The molecule has 1 rings (SSSR count). The predicted molar refractivity (Wildman–Crippen MR) is 66.1 cm³/mol. The van der Waals surface area contributed by atoms with Crippen LogP contribution < -0.4 is 10.0 Å². The molecule has 0 radical (unpaired) electrons. The van der Waals surface area contributed by atoms with Crippen LogP contribution >= 0.6 is 0 Å². The Morgan fingerprint density at radius 2 is 2.12 bits per heavy atom. The molecule has 1 heterocycles. The van der Waals surface area contributed by atoms with Crippen molar-refractivity contribution in [3.8, 4) is 0 Å². The van der Waals surface area contributed by atoms with Gasteiger partial charge in [-0.1, -0.05) is 13.8 Å². The third kappa shape index (κ3) is 5.01. The lowest BCUT2D eigenvalue weighted by molar-refractivity contribution is -0.129. The Bertz CT molecular complexity index is 367. The summed E-state index contributed by atoms with van der Waals surface area (Å²) < 4.78 is 24.1. The van der Waals surface area contributed by atoms with Crippen molar-refractivity contribution in [3.05, 3.63) is 0 Å². The topological polar surface area (TPSA) is 78.5 Å². The molecule has 0 aromatic rings. The highest BCUT2D eigenvalue weighted by molar-refractivity contribution is 7.88. The van der Waals surface area contributed by atoms with Gasteiger partial charge in [0.1, 0.15) is 0 Å². The van der Waals surface area contributed by atoms with Crippen LogP contribution in [0.3, 0.4) is 0 Å². The van der Waals surface area contributed by atoms with E-state index in [0.29, 0.717) is 13.1 Å². The van der Waals surface area contributed by atoms with Gasteiger partial charge in [-0.15, -0.1) is 0 Å². The van der Waals surface area contributed by atoms with Gasteiger partial charge in [0.25, 0.3) is 0 Å². The van der Waals surface area contributed by atoms with Gasteiger partial charge in [0.2, 0.25) is 15.9 Å². The Morgan fingerprint density at radius 1 is 1.47 bits per heavy atom. The van der Waals surface area contributed by atoms with Crippen molar-refractivity contribution in [3.63, 3.8) is 0 Å². The molecule has 1 aliphatic heterocycles. The van der Waals surface area contributed by atoms with Crippen LogP contribution in [0.25, 0.3) is 0 Å². The Balaban J connectivity index is 2.35. The highest BCUT2D eigenvalue weighted by Crippen LogP contribution is 2.10. The summed E-state index contributed by atoms with van der Waals surface area (Å²) >= 11 is 0. The largest absolute Gasteiger partial charge is 0.340 e. The van der Waals surface area contributed by atoms with Crippen molar-refractivity contribution in [1.29, 1.82) is 0 Å². The van der Waals surface area contributed by atoms with Crippen molar-refractivity contribution in [2.75, 3.05) is 25.9 Å². The quantitative estimate of drug-likeness (QED) is 0.653. The molecule has 0 aromatic carbocycles. The summed E-state index contributed by atoms with van der Waals surface area (Å²) in [5.41, 5.74) is 0. The molecular weight excluding hydrogens is 242 g/mol. The zero-order chi connectivity index (χ0) is 13.1. The highest BCUT2D eigenvalue weighted by Gasteiger charge is 2.31. The Labute approximate surface area is 103 Å². The molecule has 100 valence electrons. The number of hydrogen-bond donors (Lipinski definition) is 2. The second-order valence-electron chi connectivity index (χ2n) is 4.65. The van der Waals surface area contributed by atoms with Gasteiger partial charge in [-0.3, -0.25) is 4.79 Å². The molecule has 7 heteroatoms. The van der Waals surface area contributed by atoms with E-state index in [9.17, 15) is 13.2 Å². The molecule has 1 fully saturated rings. The summed E-state index contributed by atoms with van der Waals surface area (Å²) in [5, 5.41) is 3.20. The van der Waals surface area contributed by atoms with Gasteiger partial charge in [-0.2, -0.15) is 0 Å². The molecule has 0 aliphatic carbocycles. The Morgan fingerprint density at radius 3 is 2.65 bits per heavy atom. The summed E-state index contributed by atoms with van der Waals surface area (Å²) in [6.07, 6.45) is 1.90. The van der Waals surface area contributed by atoms with Crippen LogP contribution in [0.4, 0.5) is 0 Å². The van der Waals surface area contributed by atoms with Crippen LogP contribution in [0.15, 0.2) is 0 Å². The summed E-state index contributed by atoms with van der Waals surface area (Å²) in [6.45, 7) is 5.40. The summed E-state index contributed by atoms with van der Waals surface area (Å²) in [7, 11) is -3.17. The van der Waals surface area contributed by atoms with E-state index in [1.807, 2.05) is 13.8 Å². The molecular formula is C10H21N3O3S. The van der Waals surface area contributed by atoms with Crippen molar-refractivity contribution < 1.29 is 13.2 Å². The van der Waals surface area contributed by atoms with E-state index in [2.05, 4.69) is 10.0 Å². The fourth-order valence-electron chi connectivity index (χ4n) is 1.88. The van der Waals surface area contributed by atoms with Gasteiger partial charge < -0.3 is 10.2 Å². The first-order valence-electron chi connectivity index (χ1n) is 5.79. The fourth-order valence-corrected chi connectivity index (χ4v) is 2.35. The van der Waals surface area contributed by atoms with Crippen LogP contribution in [0, 0.1) is 0 Å². The van der Waals surface area contributed by atoms with E-state index in [1.54, 1.807) is 4.90 Å². The molecule has 6 nitrogen and oxygen atoms in total. The smallest absolute Gasteiger partial charge is 0.239 e. The van der Waals surface area contributed by atoms with Gasteiger partial charge in [-0.05, 0) is 6.42 Å². The summed E-state index contributed by atoms with van der Waals surface area (Å²) in [6, 6.07) is 0.159. The number of nitrogens with one attached hydrogen (secondary N) is 2. The molecule has 17 heavy (non-hydrogen) atoms. The van der Waals surface area contributed by atoms with Gasteiger partial charge in [0.05, 0.1) is 12.3 Å². The lowest BCUT2D eigenvalue weighted by Gasteiger charge is -2.18. The van der Waals surface area contributed by atoms with E-state index in [1.165, 1.54) is 0 Å². The van der Waals surface area contributed by atoms with E-state index in [4.69, 9.17) is 0 Å². The number of amides is 1. The molecule has 0 spiro atoms. The molecule has 0 aromatic heterocycles.